The fraction of sp³-hybridized carbons (Fsp3) is 0.447. The number of nitrogens with two attached hydrogens (primary N) is 1. The van der Waals surface area contributed by atoms with Gasteiger partial charge in [0.15, 0.2) is 17.2 Å². The van der Waals surface area contributed by atoms with Gasteiger partial charge in [-0.05, 0) is 64.0 Å². The minimum atomic E-state index is -2.53. The number of hydrogen-bond acceptors (Lipinski definition) is 8. The molecule has 0 spiro atoms. The highest BCUT2D eigenvalue weighted by molar-refractivity contribution is 6.09. The smallest absolute Gasteiger partial charge is 0.230 e. The number of phenols is 1. The number of ketones is 2. The number of Topliss-reactive ketones (excluding diaryl/α,β-unsaturated/α-hetero) is 2. The molecule has 0 aliphatic heterocycles. The highest BCUT2D eigenvalue weighted by atomic mass is 16.4. The molecule has 9 heteroatoms. The lowest BCUT2D eigenvalue weighted by molar-refractivity contribution is -0.265. The zero-order chi connectivity index (χ0) is 34.1. The molecule has 3 aliphatic carbocycles. The minimum absolute atomic E-state index is 0.0555. The maximum Gasteiger partial charge on any atom is 0.230 e. The summed E-state index contributed by atoms with van der Waals surface area (Å²) in [6, 6.07) is 21.4. The van der Waals surface area contributed by atoms with E-state index in [1.165, 1.54) is 11.6 Å². The third-order valence-corrected chi connectivity index (χ3v) is 11.4. The SMILES string of the molecule is CC(C)[C@H]1C(O)[C@@H](C(N)=O)C(=O)[C@]2(O)C(O)[C@H]3C(=O)c4c(O)ccc(-c5ccc(CNCc6ccccc6)cc5)c4C[C@]3(C)C[C@]12C. The molecule has 0 aromatic heterocycles. The molecule has 0 saturated heterocycles. The van der Waals surface area contributed by atoms with Gasteiger partial charge < -0.3 is 31.5 Å². The van der Waals surface area contributed by atoms with Crippen LogP contribution in [0.1, 0.15) is 61.2 Å². The number of aliphatic hydroxyl groups is 3. The standard InChI is InChI=1S/C38H44N2O7/c1-20(2)29-32(43)28(35(39)46)33(44)38(47)34(45)30-31(42)27-25(16-36(30,3)19-37(29,38)4)24(14-15-26(27)41)23-12-10-22(11-13-23)18-40-17-21-8-6-5-7-9-21/h5-15,20,28-30,32,34,40-41,43,45,47H,16-19H2,1-4H3,(H2,39,46)/t28-,29+,30-,32?,34?,36-,37-,38+/m1/s1. The Morgan fingerprint density at radius 3 is 2.17 bits per heavy atom. The zero-order valence-corrected chi connectivity index (χ0v) is 27.2. The summed E-state index contributed by atoms with van der Waals surface area (Å²) in [5, 5.41) is 50.1. The van der Waals surface area contributed by atoms with E-state index in [9.17, 15) is 34.8 Å². The second-order valence-electron chi connectivity index (χ2n) is 14.8. The van der Waals surface area contributed by atoms with Gasteiger partial charge in [0.2, 0.25) is 5.91 Å². The summed E-state index contributed by atoms with van der Waals surface area (Å²) in [7, 11) is 0. The first kappa shape index (κ1) is 33.0. The summed E-state index contributed by atoms with van der Waals surface area (Å²) in [6.07, 6.45) is -3.01. The zero-order valence-electron chi connectivity index (χ0n) is 27.2. The lowest BCUT2D eigenvalue weighted by Crippen LogP contribution is -2.79. The molecular weight excluding hydrogens is 596 g/mol. The van der Waals surface area contributed by atoms with Crippen molar-refractivity contribution in [3.63, 3.8) is 0 Å². The highest BCUT2D eigenvalue weighted by Gasteiger charge is 2.75. The van der Waals surface area contributed by atoms with Crippen molar-refractivity contribution in [3.05, 3.63) is 89.0 Å². The second kappa shape index (κ2) is 11.7. The molecule has 248 valence electrons. The minimum Gasteiger partial charge on any atom is -0.507 e. The van der Waals surface area contributed by atoms with Crippen LogP contribution in [0.15, 0.2) is 66.7 Å². The van der Waals surface area contributed by atoms with Gasteiger partial charge in [0.05, 0.1) is 17.6 Å². The summed E-state index contributed by atoms with van der Waals surface area (Å²) in [4.78, 5) is 40.7. The Kier molecular flexibility index (Phi) is 8.20. The number of hydrogen-bond donors (Lipinski definition) is 6. The van der Waals surface area contributed by atoms with Gasteiger partial charge in [0, 0.05) is 18.5 Å². The number of phenolic OH excluding ortho intramolecular Hbond substituents is 1. The van der Waals surface area contributed by atoms with Crippen molar-refractivity contribution in [2.75, 3.05) is 0 Å². The van der Waals surface area contributed by atoms with Crippen molar-refractivity contribution in [1.29, 1.82) is 0 Å². The number of carbonyl (C=O) groups is 3. The van der Waals surface area contributed by atoms with Crippen LogP contribution in [0.25, 0.3) is 11.1 Å². The van der Waals surface area contributed by atoms with Gasteiger partial charge in [-0.15, -0.1) is 0 Å². The maximum absolute atomic E-state index is 14.4. The number of amides is 1. The van der Waals surface area contributed by atoms with Gasteiger partial charge in [-0.2, -0.15) is 0 Å². The number of aliphatic hydroxyl groups excluding tert-OH is 2. The number of carbonyl (C=O) groups excluding carboxylic acids is 3. The van der Waals surface area contributed by atoms with Gasteiger partial charge in [-0.1, -0.05) is 88.4 Å². The van der Waals surface area contributed by atoms with Crippen molar-refractivity contribution in [2.45, 2.75) is 71.4 Å². The third-order valence-electron chi connectivity index (χ3n) is 11.4. The van der Waals surface area contributed by atoms with E-state index >= 15 is 0 Å². The molecule has 2 saturated carbocycles. The van der Waals surface area contributed by atoms with Crippen LogP contribution in [0.5, 0.6) is 5.75 Å². The lowest BCUT2D eigenvalue weighted by atomic mass is 9.39. The molecule has 6 rings (SSSR count). The first-order valence-electron chi connectivity index (χ1n) is 16.3. The number of aromatic hydroxyl groups is 1. The van der Waals surface area contributed by atoms with E-state index in [0.29, 0.717) is 12.1 Å². The van der Waals surface area contributed by atoms with Crippen LogP contribution >= 0.6 is 0 Å². The lowest BCUT2D eigenvalue weighted by Gasteiger charge is -2.66. The van der Waals surface area contributed by atoms with Gasteiger partial charge in [-0.25, -0.2) is 0 Å². The third kappa shape index (κ3) is 4.94. The van der Waals surface area contributed by atoms with Crippen molar-refractivity contribution >= 4 is 17.5 Å². The fourth-order valence-corrected chi connectivity index (χ4v) is 9.55. The number of rotatable bonds is 7. The van der Waals surface area contributed by atoms with E-state index in [1.807, 2.05) is 63.2 Å². The van der Waals surface area contributed by atoms with Crippen molar-refractivity contribution in [3.8, 4) is 16.9 Å². The summed E-state index contributed by atoms with van der Waals surface area (Å²) < 4.78 is 0. The van der Waals surface area contributed by atoms with Gasteiger partial charge >= 0.3 is 0 Å². The van der Waals surface area contributed by atoms with E-state index in [1.54, 1.807) is 13.0 Å². The van der Waals surface area contributed by atoms with E-state index in [0.717, 1.165) is 23.2 Å². The van der Waals surface area contributed by atoms with Crippen LogP contribution in [-0.2, 0) is 29.1 Å². The molecule has 0 radical (unpaired) electrons. The maximum atomic E-state index is 14.4. The van der Waals surface area contributed by atoms with E-state index < -0.39 is 63.9 Å². The molecule has 3 aromatic rings. The second-order valence-corrected chi connectivity index (χ2v) is 14.8. The fourth-order valence-electron chi connectivity index (χ4n) is 9.55. The molecule has 7 N–H and O–H groups in total. The number of benzene rings is 3. The molecule has 47 heavy (non-hydrogen) atoms. The average Bonchev–Trinajstić information content (AvgIpc) is 3.00. The first-order chi connectivity index (χ1) is 22.2. The van der Waals surface area contributed by atoms with Crippen LogP contribution in [0.2, 0.25) is 0 Å². The van der Waals surface area contributed by atoms with Gasteiger partial charge in [-0.3, -0.25) is 14.4 Å². The van der Waals surface area contributed by atoms with Crippen molar-refractivity contribution in [2.24, 2.45) is 40.2 Å². The monoisotopic (exact) mass is 640 g/mol. The Labute approximate surface area is 274 Å². The van der Waals surface area contributed by atoms with Crippen LogP contribution in [0.4, 0.5) is 0 Å². The van der Waals surface area contributed by atoms with Gasteiger partial charge in [0.1, 0.15) is 17.8 Å². The van der Waals surface area contributed by atoms with Crippen LogP contribution in [0.3, 0.4) is 0 Å². The van der Waals surface area contributed by atoms with Crippen molar-refractivity contribution < 1.29 is 34.8 Å². The molecule has 1 amide bonds. The first-order valence-corrected chi connectivity index (χ1v) is 16.3. The Morgan fingerprint density at radius 2 is 1.57 bits per heavy atom. The molecular formula is C38H44N2O7. The summed E-state index contributed by atoms with van der Waals surface area (Å²) in [6.45, 7) is 8.57. The molecule has 0 bridgehead atoms. The summed E-state index contributed by atoms with van der Waals surface area (Å²) >= 11 is 0. The normalized spacial score (nSPS) is 33.2. The molecule has 0 heterocycles. The van der Waals surface area contributed by atoms with E-state index in [2.05, 4.69) is 17.4 Å². The largest absolute Gasteiger partial charge is 0.507 e. The Bertz CT molecular complexity index is 1720. The number of fused-ring (bicyclic) bond motifs is 3. The summed E-state index contributed by atoms with van der Waals surface area (Å²) in [5.41, 5.74) is 5.23. The quantitative estimate of drug-likeness (QED) is 0.213. The van der Waals surface area contributed by atoms with Gasteiger partial charge in [0.25, 0.3) is 0 Å². The molecule has 3 aromatic carbocycles. The van der Waals surface area contributed by atoms with Crippen LogP contribution in [0, 0.1) is 34.5 Å². The Morgan fingerprint density at radius 1 is 0.957 bits per heavy atom. The van der Waals surface area contributed by atoms with E-state index in [4.69, 9.17) is 5.73 Å². The predicted molar refractivity (Wildman–Crippen MR) is 176 cm³/mol. The number of primary amides is 1. The molecule has 2 unspecified atom stereocenters. The molecule has 9 nitrogen and oxygen atoms in total. The Balaban J connectivity index is 1.37. The average molecular weight is 641 g/mol. The molecule has 8 atom stereocenters. The topological polar surface area (TPSA) is 170 Å². The van der Waals surface area contributed by atoms with Crippen LogP contribution < -0.4 is 11.1 Å². The predicted octanol–water partition coefficient (Wildman–Crippen LogP) is 3.53. The number of nitrogens with one attached hydrogen (secondary N) is 1. The highest BCUT2D eigenvalue weighted by Crippen LogP contribution is 2.66. The molecule has 3 aliphatic rings. The summed E-state index contributed by atoms with van der Waals surface area (Å²) in [5.74, 6) is -7.08. The van der Waals surface area contributed by atoms with Crippen LogP contribution in [-0.4, -0.2) is 55.7 Å². The van der Waals surface area contributed by atoms with E-state index in [-0.39, 0.29) is 30.1 Å². The Hall–Kier alpha value is -3.89. The van der Waals surface area contributed by atoms with Crippen molar-refractivity contribution in [1.82, 2.24) is 5.32 Å². The molecule has 2 fully saturated rings.